The molecule has 3 aliphatic carbocycles. The minimum Gasteiger partial charge on any atom is -0.314 e. The Kier molecular flexibility index (Phi) is 5.24. The van der Waals surface area contributed by atoms with Crippen LogP contribution in [0.3, 0.4) is 0 Å². The van der Waals surface area contributed by atoms with E-state index in [9.17, 15) is 0 Å². The number of para-hydroxylation sites is 1. The van der Waals surface area contributed by atoms with E-state index in [2.05, 4.69) is 118 Å². The van der Waals surface area contributed by atoms with Crippen molar-refractivity contribution >= 4 is 23.1 Å². The summed E-state index contributed by atoms with van der Waals surface area (Å²) in [6.45, 7) is 0. The first-order chi connectivity index (χ1) is 17.9. The van der Waals surface area contributed by atoms with Gasteiger partial charge < -0.3 is 9.13 Å². The first kappa shape index (κ1) is 21.3. The van der Waals surface area contributed by atoms with E-state index in [1.165, 1.54) is 62.5 Å². The number of fused-ring (bicyclic) bond motifs is 6. The van der Waals surface area contributed by atoms with E-state index < -0.39 is 0 Å². The van der Waals surface area contributed by atoms with E-state index >= 15 is 0 Å². The van der Waals surface area contributed by atoms with E-state index in [1.807, 2.05) is 0 Å². The Morgan fingerprint density at radius 3 is 2.36 bits per heavy atom. The second kappa shape index (κ2) is 8.87. The predicted molar refractivity (Wildman–Crippen MR) is 152 cm³/mol. The van der Waals surface area contributed by atoms with Crippen molar-refractivity contribution in [1.29, 1.82) is 0 Å². The van der Waals surface area contributed by atoms with Gasteiger partial charge in [0.15, 0.2) is 0 Å². The second-order valence-corrected chi connectivity index (χ2v) is 9.91. The van der Waals surface area contributed by atoms with Gasteiger partial charge in [0.2, 0.25) is 0 Å². The van der Waals surface area contributed by atoms with Gasteiger partial charge in [0.1, 0.15) is 0 Å². The second-order valence-electron chi connectivity index (χ2n) is 9.91. The maximum Gasteiger partial charge on any atom is 0.0537 e. The largest absolute Gasteiger partial charge is 0.314 e. The summed E-state index contributed by atoms with van der Waals surface area (Å²) in [7, 11) is 0. The fraction of sp³-hybridized carbons (Fsp3) is 0.176. The fourth-order valence-corrected chi connectivity index (χ4v) is 6.24. The minimum atomic E-state index is 0.927. The van der Waals surface area contributed by atoms with Crippen molar-refractivity contribution in [1.82, 2.24) is 9.13 Å². The molecule has 0 spiro atoms. The number of rotatable bonds is 2. The van der Waals surface area contributed by atoms with Gasteiger partial charge in [0.05, 0.1) is 5.52 Å². The van der Waals surface area contributed by atoms with E-state index in [0.717, 1.165) is 32.1 Å². The SMILES string of the molecule is C1=CCc2c3c(n(-c4cccc(-n5c6c(c7ccccc75)C=CC=CC6)c4)c2C=C1)CCC/C=C\C3. The topological polar surface area (TPSA) is 9.86 Å². The van der Waals surface area contributed by atoms with Crippen molar-refractivity contribution in [2.24, 2.45) is 0 Å². The number of hydrogen-bond acceptors (Lipinski definition) is 0. The monoisotopic (exact) mass is 466 g/mol. The molecule has 4 aromatic rings. The molecule has 0 unspecified atom stereocenters. The lowest BCUT2D eigenvalue weighted by atomic mass is 9.98. The third kappa shape index (κ3) is 3.40. The summed E-state index contributed by atoms with van der Waals surface area (Å²) >= 11 is 0. The number of nitrogens with zero attached hydrogens (tertiary/aromatic N) is 2. The van der Waals surface area contributed by atoms with Crippen LogP contribution >= 0.6 is 0 Å². The molecule has 3 aliphatic rings. The molecular weight excluding hydrogens is 436 g/mol. The first-order valence-corrected chi connectivity index (χ1v) is 13.2. The van der Waals surface area contributed by atoms with Gasteiger partial charge in [0.25, 0.3) is 0 Å². The van der Waals surface area contributed by atoms with Crippen LogP contribution in [0.15, 0.2) is 97.1 Å². The molecule has 2 heteroatoms. The lowest BCUT2D eigenvalue weighted by Crippen LogP contribution is -2.07. The van der Waals surface area contributed by atoms with Gasteiger partial charge >= 0.3 is 0 Å². The van der Waals surface area contributed by atoms with Crippen LogP contribution in [0.25, 0.3) is 34.4 Å². The number of allylic oxidation sites excluding steroid dienone is 8. The summed E-state index contributed by atoms with van der Waals surface area (Å²) in [6, 6.07) is 18.0. The molecule has 36 heavy (non-hydrogen) atoms. The van der Waals surface area contributed by atoms with E-state index in [-0.39, 0.29) is 0 Å². The van der Waals surface area contributed by atoms with Crippen LogP contribution in [0.2, 0.25) is 0 Å². The van der Waals surface area contributed by atoms with Crippen LogP contribution in [0, 0.1) is 0 Å². The van der Waals surface area contributed by atoms with Gasteiger partial charge in [-0.15, -0.1) is 0 Å². The van der Waals surface area contributed by atoms with E-state index in [0.29, 0.717) is 0 Å². The molecule has 0 atom stereocenters. The van der Waals surface area contributed by atoms with Crippen LogP contribution in [0.5, 0.6) is 0 Å². The quantitative estimate of drug-likeness (QED) is 0.264. The van der Waals surface area contributed by atoms with Crippen molar-refractivity contribution in [3.8, 4) is 11.4 Å². The standard InChI is InChI=1S/C34H30N2/c1-2-8-20-31-27(16-5-1)28-17-6-3-9-21-32(28)35(31)25-14-13-15-26(24-25)36-33-22-10-4-7-18-29(33)30-19-11-12-23-34(30)36/h1,3-7,9-15,18-19,21,23-24H,2,8,16-17,20,22H2/b5-1-. The maximum absolute atomic E-state index is 2.56. The van der Waals surface area contributed by atoms with Crippen molar-refractivity contribution in [3.63, 3.8) is 0 Å². The molecule has 0 fully saturated rings. The van der Waals surface area contributed by atoms with Gasteiger partial charge in [-0.25, -0.2) is 0 Å². The third-order valence-corrected chi connectivity index (χ3v) is 7.81. The zero-order valence-electron chi connectivity index (χ0n) is 20.5. The molecule has 0 N–H and O–H groups in total. The van der Waals surface area contributed by atoms with E-state index in [1.54, 1.807) is 0 Å². The number of aromatic nitrogens is 2. The highest BCUT2D eigenvalue weighted by molar-refractivity contribution is 5.93. The van der Waals surface area contributed by atoms with E-state index in [4.69, 9.17) is 0 Å². The Bertz CT molecular complexity index is 1630. The highest BCUT2D eigenvalue weighted by atomic mass is 15.0. The van der Waals surface area contributed by atoms with Crippen molar-refractivity contribution in [3.05, 3.63) is 131 Å². The number of benzene rings is 2. The Morgan fingerprint density at radius 2 is 1.42 bits per heavy atom. The molecule has 0 amide bonds. The molecule has 7 rings (SSSR count). The van der Waals surface area contributed by atoms with Crippen molar-refractivity contribution in [2.45, 2.75) is 38.5 Å². The predicted octanol–water partition coefficient (Wildman–Crippen LogP) is 8.11. The maximum atomic E-state index is 2.56. The first-order valence-electron chi connectivity index (χ1n) is 13.2. The van der Waals surface area contributed by atoms with Crippen molar-refractivity contribution in [2.75, 3.05) is 0 Å². The van der Waals surface area contributed by atoms with Gasteiger partial charge in [-0.3, -0.25) is 0 Å². The van der Waals surface area contributed by atoms with Crippen LogP contribution < -0.4 is 0 Å². The molecular formula is C34H30N2. The van der Waals surface area contributed by atoms with Gasteiger partial charge in [-0.05, 0) is 73.6 Å². The highest BCUT2D eigenvalue weighted by Gasteiger charge is 2.23. The average molecular weight is 467 g/mol. The molecule has 2 heterocycles. The third-order valence-electron chi connectivity index (χ3n) is 7.81. The normalized spacial score (nSPS) is 17.1. The Hall–Kier alpha value is -4.04. The van der Waals surface area contributed by atoms with Gasteiger partial charge in [-0.2, -0.15) is 0 Å². The molecule has 2 nitrogen and oxygen atoms in total. The molecule has 2 aromatic heterocycles. The lowest BCUT2D eigenvalue weighted by molar-refractivity contribution is 0.774. The molecule has 0 bridgehead atoms. The van der Waals surface area contributed by atoms with Gasteiger partial charge in [-0.1, -0.05) is 78.9 Å². The summed E-state index contributed by atoms with van der Waals surface area (Å²) in [6.07, 6.45) is 29.0. The summed E-state index contributed by atoms with van der Waals surface area (Å²) in [4.78, 5) is 0. The van der Waals surface area contributed by atoms with Gasteiger partial charge in [0, 0.05) is 45.8 Å². The average Bonchev–Trinajstić information content (AvgIpc) is 3.10. The minimum absolute atomic E-state index is 0.927. The van der Waals surface area contributed by atoms with Crippen LogP contribution in [0.4, 0.5) is 0 Å². The van der Waals surface area contributed by atoms with Crippen LogP contribution in [-0.2, 0) is 25.7 Å². The summed E-state index contributed by atoms with van der Waals surface area (Å²) in [5, 5.41) is 1.32. The Morgan fingerprint density at radius 1 is 0.611 bits per heavy atom. The molecule has 2 aromatic carbocycles. The molecule has 0 radical (unpaired) electrons. The summed E-state index contributed by atoms with van der Waals surface area (Å²) < 4.78 is 5.03. The van der Waals surface area contributed by atoms with Crippen LogP contribution in [-0.4, -0.2) is 9.13 Å². The Balaban J connectivity index is 1.46. The van der Waals surface area contributed by atoms with Crippen molar-refractivity contribution < 1.29 is 0 Å². The number of hydrogen-bond donors (Lipinski definition) is 0. The lowest BCUT2D eigenvalue weighted by Gasteiger charge is -2.17. The molecule has 0 saturated carbocycles. The molecule has 0 aliphatic heterocycles. The fourth-order valence-electron chi connectivity index (χ4n) is 6.24. The zero-order valence-corrected chi connectivity index (χ0v) is 20.5. The Labute approximate surface area is 212 Å². The molecule has 176 valence electrons. The molecule has 0 saturated heterocycles. The summed E-state index contributed by atoms with van der Waals surface area (Å²) in [5.74, 6) is 0. The smallest absolute Gasteiger partial charge is 0.0537 e. The highest BCUT2D eigenvalue weighted by Crippen LogP contribution is 2.36. The summed E-state index contributed by atoms with van der Waals surface area (Å²) in [5.41, 5.74) is 12.3. The van der Waals surface area contributed by atoms with Crippen LogP contribution in [0.1, 0.15) is 46.6 Å². The zero-order chi connectivity index (χ0) is 23.9.